The Morgan fingerprint density at radius 2 is 2.04 bits per heavy atom. The van der Waals surface area contributed by atoms with E-state index in [0.29, 0.717) is 6.54 Å². The number of rotatable bonds is 8. The van der Waals surface area contributed by atoms with Gasteiger partial charge in [0.1, 0.15) is 12.4 Å². The highest BCUT2D eigenvalue weighted by molar-refractivity contribution is 5.82. The maximum absolute atomic E-state index is 12.8. The molecule has 1 heterocycles. The van der Waals surface area contributed by atoms with E-state index < -0.39 is 6.10 Å². The lowest BCUT2D eigenvalue weighted by molar-refractivity contribution is -0.677. The van der Waals surface area contributed by atoms with Crippen LogP contribution in [0.1, 0.15) is 49.6 Å². The van der Waals surface area contributed by atoms with Crippen molar-refractivity contribution in [3.05, 3.63) is 54.1 Å². The van der Waals surface area contributed by atoms with Gasteiger partial charge in [-0.25, -0.2) is 9.13 Å². The summed E-state index contributed by atoms with van der Waals surface area (Å²) in [5, 5.41) is 3.07. The highest BCUT2D eigenvalue weighted by Crippen LogP contribution is 2.28. The molecule has 2 aromatic rings. The number of hydrogen-bond acceptors (Lipinski definition) is 2. The van der Waals surface area contributed by atoms with Crippen LogP contribution in [0.15, 0.2) is 42.7 Å². The van der Waals surface area contributed by atoms with Crippen molar-refractivity contribution in [2.24, 2.45) is 7.05 Å². The smallest absolute Gasteiger partial charge is 0.253 e. The Hall–Kier alpha value is -2.14. The van der Waals surface area contributed by atoms with Gasteiger partial charge in [-0.2, -0.15) is 0 Å². The Morgan fingerprint density at radius 1 is 1.31 bits per heavy atom. The number of hydrogen-bond donors (Lipinski definition) is 1. The summed E-state index contributed by atoms with van der Waals surface area (Å²) < 4.78 is 10.5. The van der Waals surface area contributed by atoms with Crippen molar-refractivity contribution < 1.29 is 14.1 Å². The molecule has 140 valence electrons. The third-order valence-electron chi connectivity index (χ3n) is 5.24. The quantitative estimate of drug-likeness (QED) is 0.584. The third-order valence-corrected chi connectivity index (χ3v) is 5.24. The second-order valence-corrected chi connectivity index (χ2v) is 7.13. The van der Waals surface area contributed by atoms with Gasteiger partial charge in [-0.05, 0) is 18.4 Å². The normalized spacial score (nSPS) is 15.9. The summed E-state index contributed by atoms with van der Waals surface area (Å²) in [5.41, 5.74) is 0.935. The summed E-state index contributed by atoms with van der Waals surface area (Å²) in [6.45, 7) is 3.64. The lowest BCUT2D eigenvalue weighted by Crippen LogP contribution is -2.34. The number of imidazole rings is 1. The van der Waals surface area contributed by atoms with Crippen LogP contribution in [0.5, 0.6) is 0 Å². The molecule has 5 heteroatoms. The van der Waals surface area contributed by atoms with Crippen LogP contribution in [0.4, 0.5) is 0 Å². The van der Waals surface area contributed by atoms with E-state index in [1.807, 2.05) is 37.4 Å². The maximum atomic E-state index is 12.8. The van der Waals surface area contributed by atoms with E-state index in [0.717, 1.165) is 31.4 Å². The molecule has 1 aromatic heterocycles. The van der Waals surface area contributed by atoms with E-state index in [9.17, 15) is 4.79 Å². The van der Waals surface area contributed by atoms with Crippen LogP contribution in [-0.4, -0.2) is 23.1 Å². The Bertz CT molecular complexity index is 705. The van der Waals surface area contributed by atoms with E-state index in [2.05, 4.69) is 33.8 Å². The zero-order chi connectivity index (χ0) is 18.4. The zero-order valence-electron chi connectivity index (χ0n) is 15.9. The fraction of sp³-hybridized carbons (Fsp3) is 0.524. The highest BCUT2D eigenvalue weighted by Gasteiger charge is 2.26. The first-order valence-electron chi connectivity index (χ1n) is 9.64. The van der Waals surface area contributed by atoms with E-state index in [4.69, 9.17) is 4.74 Å². The molecule has 3 rings (SSSR count). The van der Waals surface area contributed by atoms with E-state index in [1.54, 1.807) is 0 Å². The minimum Gasteiger partial charge on any atom is -0.360 e. The van der Waals surface area contributed by atoms with Gasteiger partial charge in [-0.1, -0.05) is 43.2 Å². The third kappa shape index (κ3) is 4.73. The van der Waals surface area contributed by atoms with Crippen molar-refractivity contribution in [1.82, 2.24) is 9.88 Å². The second kappa shape index (κ2) is 8.99. The Morgan fingerprint density at radius 3 is 2.69 bits per heavy atom. The van der Waals surface area contributed by atoms with Gasteiger partial charge < -0.3 is 10.1 Å². The monoisotopic (exact) mass is 356 g/mol. The molecule has 1 saturated carbocycles. The highest BCUT2D eigenvalue weighted by atomic mass is 16.5. The van der Waals surface area contributed by atoms with Crippen molar-refractivity contribution >= 4 is 5.91 Å². The standard InChI is InChI=1S/C21H29N3O2/c1-17-23(2)15-16-24(17)14-8-13-22-21(25)20(18-9-4-3-5-10-18)26-19-11-6-7-12-19/h3-5,9-10,15-16,19-20H,6-8,11-14H2,1-2H3/p+1. The first-order chi connectivity index (χ1) is 12.6. The molecule has 1 unspecified atom stereocenters. The second-order valence-electron chi connectivity index (χ2n) is 7.13. The first kappa shape index (κ1) is 18.6. The molecule has 1 N–H and O–H groups in total. The van der Waals surface area contributed by atoms with Crippen molar-refractivity contribution in [1.29, 1.82) is 0 Å². The van der Waals surface area contributed by atoms with Crippen LogP contribution in [0.3, 0.4) is 0 Å². The van der Waals surface area contributed by atoms with Gasteiger partial charge in [0.2, 0.25) is 0 Å². The molecular formula is C21H30N3O2+. The molecule has 1 aromatic carbocycles. The fourth-order valence-electron chi connectivity index (χ4n) is 3.53. The summed E-state index contributed by atoms with van der Waals surface area (Å²) >= 11 is 0. The molecule has 0 aliphatic heterocycles. The molecule has 5 nitrogen and oxygen atoms in total. The molecule has 26 heavy (non-hydrogen) atoms. The van der Waals surface area contributed by atoms with Gasteiger partial charge in [-0.15, -0.1) is 0 Å². The van der Waals surface area contributed by atoms with Crippen LogP contribution in [-0.2, 0) is 23.1 Å². The van der Waals surface area contributed by atoms with Crippen LogP contribution < -0.4 is 9.88 Å². The molecule has 1 atom stereocenters. The molecule has 0 saturated heterocycles. The topological polar surface area (TPSA) is 47.1 Å². The number of nitrogens with zero attached hydrogens (tertiary/aromatic N) is 2. The lowest BCUT2D eigenvalue weighted by atomic mass is 10.1. The summed E-state index contributed by atoms with van der Waals surface area (Å²) in [5.74, 6) is 1.18. The van der Waals surface area contributed by atoms with Crippen molar-refractivity contribution in [3.63, 3.8) is 0 Å². The molecule has 1 aliphatic rings. The van der Waals surface area contributed by atoms with Gasteiger partial charge in [0.05, 0.1) is 19.7 Å². The number of aryl methyl sites for hydroxylation is 2. The number of carbonyl (C=O) groups is 1. The lowest BCUT2D eigenvalue weighted by Gasteiger charge is -2.22. The summed E-state index contributed by atoms with van der Waals surface area (Å²) in [7, 11) is 2.04. The molecule has 1 amide bonds. The average Bonchev–Trinajstić information content (AvgIpc) is 3.28. The predicted octanol–water partition coefficient (Wildman–Crippen LogP) is 2.83. The van der Waals surface area contributed by atoms with Crippen LogP contribution in [0, 0.1) is 6.92 Å². The summed E-state index contributed by atoms with van der Waals surface area (Å²) in [6.07, 6.45) is 9.22. The Kier molecular flexibility index (Phi) is 6.45. The summed E-state index contributed by atoms with van der Waals surface area (Å²) in [6, 6.07) is 9.84. The Labute approximate surface area is 156 Å². The van der Waals surface area contributed by atoms with Gasteiger partial charge in [-0.3, -0.25) is 4.79 Å². The minimum atomic E-state index is -0.509. The number of amides is 1. The molecule has 1 fully saturated rings. The number of ether oxygens (including phenoxy) is 1. The molecular weight excluding hydrogens is 326 g/mol. The van der Waals surface area contributed by atoms with E-state index in [1.165, 1.54) is 18.7 Å². The fourth-order valence-corrected chi connectivity index (χ4v) is 3.53. The number of benzene rings is 1. The van der Waals surface area contributed by atoms with Crippen molar-refractivity contribution in [3.8, 4) is 0 Å². The van der Waals surface area contributed by atoms with E-state index >= 15 is 0 Å². The summed E-state index contributed by atoms with van der Waals surface area (Å²) in [4.78, 5) is 12.8. The predicted molar refractivity (Wildman–Crippen MR) is 100 cm³/mol. The molecule has 0 spiro atoms. The van der Waals surface area contributed by atoms with Crippen LogP contribution in [0.25, 0.3) is 0 Å². The van der Waals surface area contributed by atoms with E-state index in [-0.39, 0.29) is 12.0 Å². The average molecular weight is 356 g/mol. The van der Waals surface area contributed by atoms with Crippen molar-refractivity contribution in [2.45, 2.75) is 57.8 Å². The molecule has 1 aliphatic carbocycles. The van der Waals surface area contributed by atoms with Gasteiger partial charge in [0, 0.05) is 19.9 Å². The first-order valence-corrected chi connectivity index (χ1v) is 9.64. The number of aromatic nitrogens is 2. The minimum absolute atomic E-state index is 0.0297. The number of nitrogens with one attached hydrogen (secondary N) is 1. The maximum Gasteiger partial charge on any atom is 0.253 e. The molecule has 0 bridgehead atoms. The van der Waals surface area contributed by atoms with Crippen molar-refractivity contribution in [2.75, 3.05) is 6.54 Å². The van der Waals surface area contributed by atoms with Crippen LogP contribution >= 0.6 is 0 Å². The van der Waals surface area contributed by atoms with Gasteiger partial charge in [0.25, 0.3) is 11.7 Å². The largest absolute Gasteiger partial charge is 0.360 e. The molecule has 0 radical (unpaired) electrons. The zero-order valence-corrected chi connectivity index (χ0v) is 15.9. The number of carbonyl (C=O) groups excluding carboxylic acids is 1. The van der Waals surface area contributed by atoms with Gasteiger partial charge >= 0.3 is 0 Å². The SMILES string of the molecule is Cc1n(CCCNC(=O)C(OC2CCCC2)c2ccccc2)cc[n+]1C. The Balaban J connectivity index is 1.54. The van der Waals surface area contributed by atoms with Crippen LogP contribution in [0.2, 0.25) is 0 Å². The van der Waals surface area contributed by atoms with Gasteiger partial charge in [0.15, 0.2) is 6.10 Å².